The first-order chi connectivity index (χ1) is 18.8. The molecule has 0 aliphatic heterocycles. The van der Waals surface area contributed by atoms with Crippen molar-refractivity contribution in [1.82, 2.24) is 9.29 Å². The molecule has 0 fully saturated rings. The van der Waals surface area contributed by atoms with Crippen molar-refractivity contribution < 1.29 is 17.9 Å². The lowest BCUT2D eigenvalue weighted by atomic mass is 10.1. The number of aryl methyl sites for hydroxylation is 1. The smallest absolute Gasteiger partial charge is 0.264 e. The molecule has 0 saturated heterocycles. The van der Waals surface area contributed by atoms with E-state index in [4.69, 9.17) is 16.3 Å². The maximum absolute atomic E-state index is 12.9. The first-order valence-corrected chi connectivity index (χ1v) is 14.1. The molecule has 0 bridgehead atoms. The van der Waals surface area contributed by atoms with Crippen LogP contribution in [0.25, 0.3) is 16.9 Å². The maximum atomic E-state index is 12.9. The third-order valence-corrected chi connectivity index (χ3v) is 7.78. The van der Waals surface area contributed by atoms with Gasteiger partial charge in [-0.05, 0) is 79.2 Å². The van der Waals surface area contributed by atoms with Crippen LogP contribution in [0.15, 0.2) is 120 Å². The standard InChI is InChI=1S/C31H25ClN2O4S/c1-22-12-18-29(28-20-25(32)13-19-30(28)38-21-23-8-4-2-5-9-23)34(22)26-14-16-27(17-15-26)39(36,37)33-31(35)24-10-6-3-7-11-24/h2-20H,21H2,1H3,(H,33,35). The van der Waals surface area contributed by atoms with Gasteiger partial charge in [0.1, 0.15) is 12.4 Å². The summed E-state index contributed by atoms with van der Waals surface area (Å²) in [4.78, 5) is 12.4. The van der Waals surface area contributed by atoms with E-state index in [2.05, 4.69) is 4.72 Å². The van der Waals surface area contributed by atoms with E-state index >= 15 is 0 Å². The number of amides is 1. The fourth-order valence-electron chi connectivity index (χ4n) is 4.26. The molecule has 0 aliphatic carbocycles. The second-order valence-corrected chi connectivity index (χ2v) is 11.0. The zero-order valence-corrected chi connectivity index (χ0v) is 22.6. The molecule has 5 rings (SSSR count). The first-order valence-electron chi connectivity index (χ1n) is 12.2. The van der Waals surface area contributed by atoms with Crippen LogP contribution in [-0.4, -0.2) is 18.9 Å². The average Bonchev–Trinajstić information content (AvgIpc) is 3.34. The Kier molecular flexibility index (Phi) is 7.54. The Balaban J connectivity index is 1.44. The van der Waals surface area contributed by atoms with Crippen molar-refractivity contribution in [1.29, 1.82) is 0 Å². The van der Waals surface area contributed by atoms with E-state index in [-0.39, 0.29) is 10.5 Å². The predicted molar refractivity (Wildman–Crippen MR) is 153 cm³/mol. The molecule has 1 N–H and O–H groups in total. The molecule has 0 aliphatic rings. The SMILES string of the molecule is Cc1ccc(-c2cc(Cl)ccc2OCc2ccccc2)n1-c1ccc(S(=O)(=O)NC(=O)c2ccccc2)cc1. The first kappa shape index (κ1) is 26.3. The number of halogens is 1. The Bertz CT molecular complexity index is 1720. The van der Waals surface area contributed by atoms with E-state index in [1.165, 1.54) is 12.1 Å². The highest BCUT2D eigenvalue weighted by atomic mass is 35.5. The number of hydrogen-bond acceptors (Lipinski definition) is 4. The van der Waals surface area contributed by atoms with Gasteiger partial charge in [0.15, 0.2) is 0 Å². The number of carbonyl (C=O) groups is 1. The van der Waals surface area contributed by atoms with Gasteiger partial charge in [-0.2, -0.15) is 0 Å². The molecular formula is C31H25ClN2O4S. The molecule has 6 nitrogen and oxygen atoms in total. The van der Waals surface area contributed by atoms with Crippen LogP contribution in [0.1, 0.15) is 21.6 Å². The number of ether oxygens (including phenoxy) is 1. The molecule has 0 atom stereocenters. The van der Waals surface area contributed by atoms with Gasteiger partial charge < -0.3 is 9.30 Å². The van der Waals surface area contributed by atoms with E-state index in [0.717, 1.165) is 28.2 Å². The van der Waals surface area contributed by atoms with Crippen LogP contribution in [0.2, 0.25) is 5.02 Å². The van der Waals surface area contributed by atoms with E-state index in [1.807, 2.05) is 66.1 Å². The molecule has 196 valence electrons. The summed E-state index contributed by atoms with van der Waals surface area (Å²) in [6, 6.07) is 33.9. The summed E-state index contributed by atoms with van der Waals surface area (Å²) in [5, 5.41) is 0.568. The molecule has 39 heavy (non-hydrogen) atoms. The van der Waals surface area contributed by atoms with Gasteiger partial charge in [0.2, 0.25) is 0 Å². The van der Waals surface area contributed by atoms with Crippen molar-refractivity contribution in [2.75, 3.05) is 0 Å². The highest BCUT2D eigenvalue weighted by Gasteiger charge is 2.20. The van der Waals surface area contributed by atoms with Crippen LogP contribution < -0.4 is 9.46 Å². The largest absolute Gasteiger partial charge is 0.488 e. The number of sulfonamides is 1. The monoisotopic (exact) mass is 556 g/mol. The Hall–Kier alpha value is -4.33. The van der Waals surface area contributed by atoms with Gasteiger partial charge in [0.05, 0.1) is 10.6 Å². The summed E-state index contributed by atoms with van der Waals surface area (Å²) >= 11 is 6.38. The van der Waals surface area contributed by atoms with Crippen LogP contribution >= 0.6 is 11.6 Å². The van der Waals surface area contributed by atoms with Crippen LogP contribution in [0, 0.1) is 6.92 Å². The number of benzene rings is 4. The lowest BCUT2D eigenvalue weighted by molar-refractivity contribution is 0.0981. The van der Waals surface area contributed by atoms with Crippen LogP contribution in [0.5, 0.6) is 5.75 Å². The van der Waals surface area contributed by atoms with Crippen molar-refractivity contribution >= 4 is 27.5 Å². The zero-order valence-electron chi connectivity index (χ0n) is 21.0. The second kappa shape index (κ2) is 11.2. The van der Waals surface area contributed by atoms with Gasteiger partial charge in [-0.1, -0.05) is 60.1 Å². The van der Waals surface area contributed by atoms with Crippen molar-refractivity contribution in [2.45, 2.75) is 18.4 Å². The van der Waals surface area contributed by atoms with Crippen LogP contribution in [-0.2, 0) is 16.6 Å². The summed E-state index contributed by atoms with van der Waals surface area (Å²) in [6.45, 7) is 2.36. The summed E-state index contributed by atoms with van der Waals surface area (Å²) in [7, 11) is -4.06. The van der Waals surface area contributed by atoms with Gasteiger partial charge in [-0.15, -0.1) is 0 Å². The summed E-state index contributed by atoms with van der Waals surface area (Å²) in [5.41, 5.74) is 4.63. The zero-order chi connectivity index (χ0) is 27.4. The highest BCUT2D eigenvalue weighted by Crippen LogP contribution is 2.36. The number of aromatic nitrogens is 1. The number of rotatable bonds is 8. The minimum atomic E-state index is -4.06. The topological polar surface area (TPSA) is 77.4 Å². The normalized spacial score (nSPS) is 11.2. The van der Waals surface area contributed by atoms with Crippen molar-refractivity contribution in [3.05, 3.63) is 137 Å². The Morgan fingerprint density at radius 3 is 2.21 bits per heavy atom. The lowest BCUT2D eigenvalue weighted by Gasteiger charge is -2.17. The maximum Gasteiger partial charge on any atom is 0.264 e. The second-order valence-electron chi connectivity index (χ2n) is 8.90. The molecule has 1 heterocycles. The molecule has 1 aromatic heterocycles. The van der Waals surface area contributed by atoms with E-state index in [0.29, 0.717) is 17.4 Å². The fraction of sp³-hybridized carbons (Fsp3) is 0.0645. The minimum Gasteiger partial charge on any atom is -0.488 e. The van der Waals surface area contributed by atoms with Gasteiger partial charge >= 0.3 is 0 Å². The number of nitrogens with one attached hydrogen (secondary N) is 1. The molecule has 0 saturated carbocycles. The van der Waals surface area contributed by atoms with Crippen LogP contribution in [0.3, 0.4) is 0 Å². The molecule has 0 spiro atoms. The van der Waals surface area contributed by atoms with E-state index in [9.17, 15) is 13.2 Å². The van der Waals surface area contributed by atoms with Crippen molar-refractivity contribution in [2.24, 2.45) is 0 Å². The molecule has 4 aromatic carbocycles. The van der Waals surface area contributed by atoms with Crippen LogP contribution in [0.4, 0.5) is 0 Å². The molecule has 0 radical (unpaired) electrons. The van der Waals surface area contributed by atoms with Crippen molar-refractivity contribution in [3.8, 4) is 22.7 Å². The lowest BCUT2D eigenvalue weighted by Crippen LogP contribution is -2.30. The molecule has 1 amide bonds. The highest BCUT2D eigenvalue weighted by molar-refractivity contribution is 7.90. The third kappa shape index (κ3) is 5.90. The molecule has 0 unspecified atom stereocenters. The van der Waals surface area contributed by atoms with E-state index < -0.39 is 15.9 Å². The molecule has 8 heteroatoms. The predicted octanol–water partition coefficient (Wildman–Crippen LogP) is 6.80. The summed E-state index contributed by atoms with van der Waals surface area (Å²) in [5.74, 6) is -0.0161. The Morgan fingerprint density at radius 2 is 1.51 bits per heavy atom. The van der Waals surface area contributed by atoms with Gasteiger partial charge in [-0.3, -0.25) is 4.79 Å². The number of nitrogens with zero attached hydrogens (tertiary/aromatic N) is 1. The third-order valence-electron chi connectivity index (χ3n) is 6.20. The Morgan fingerprint density at radius 1 is 0.846 bits per heavy atom. The van der Waals surface area contributed by atoms with Gasteiger partial charge in [-0.25, -0.2) is 13.1 Å². The number of hydrogen-bond donors (Lipinski definition) is 1. The van der Waals surface area contributed by atoms with E-state index in [1.54, 1.807) is 48.5 Å². The average molecular weight is 557 g/mol. The summed E-state index contributed by atoms with van der Waals surface area (Å²) < 4.78 is 36.0. The molecular weight excluding hydrogens is 532 g/mol. The quantitative estimate of drug-likeness (QED) is 0.228. The van der Waals surface area contributed by atoms with Crippen molar-refractivity contribution in [3.63, 3.8) is 0 Å². The Labute approximate surface area is 232 Å². The van der Waals surface area contributed by atoms with Gasteiger partial charge in [0, 0.05) is 27.5 Å². The number of carbonyl (C=O) groups excluding carboxylic acids is 1. The fourth-order valence-corrected chi connectivity index (χ4v) is 5.41. The van der Waals surface area contributed by atoms with Gasteiger partial charge in [0.25, 0.3) is 15.9 Å². The minimum absolute atomic E-state index is 0.0171. The summed E-state index contributed by atoms with van der Waals surface area (Å²) in [6.07, 6.45) is 0. The molecule has 5 aromatic rings.